The standard InChI is InChI=1S/C17H17FN2O5/c1-24-15-9-11(14(20(22)23)10-16(15)25-2)6-7-19-17(21)12-4-3-5-13(18)8-12/h3-5,8-10H,6-7H2,1-2H3,(H,19,21). The van der Waals surface area contributed by atoms with Crippen LogP contribution in [0.5, 0.6) is 11.5 Å². The van der Waals surface area contributed by atoms with E-state index in [4.69, 9.17) is 9.47 Å². The molecule has 0 atom stereocenters. The van der Waals surface area contributed by atoms with Crippen LogP contribution in [0, 0.1) is 15.9 Å². The molecule has 0 aromatic heterocycles. The maximum absolute atomic E-state index is 13.1. The van der Waals surface area contributed by atoms with Crippen molar-refractivity contribution in [2.75, 3.05) is 20.8 Å². The largest absolute Gasteiger partial charge is 0.493 e. The minimum absolute atomic E-state index is 0.127. The van der Waals surface area contributed by atoms with Crippen molar-refractivity contribution >= 4 is 11.6 Å². The Morgan fingerprint density at radius 1 is 1.20 bits per heavy atom. The molecule has 0 unspecified atom stereocenters. The van der Waals surface area contributed by atoms with E-state index in [0.717, 1.165) is 6.07 Å². The van der Waals surface area contributed by atoms with Gasteiger partial charge in [0.2, 0.25) is 0 Å². The third-order valence-corrected chi connectivity index (χ3v) is 3.55. The lowest BCUT2D eigenvalue weighted by molar-refractivity contribution is -0.385. The molecule has 25 heavy (non-hydrogen) atoms. The number of methoxy groups -OCH3 is 2. The maximum atomic E-state index is 13.1. The van der Waals surface area contributed by atoms with Gasteiger partial charge in [-0.2, -0.15) is 0 Å². The van der Waals surface area contributed by atoms with Crippen molar-refractivity contribution in [1.82, 2.24) is 5.32 Å². The van der Waals surface area contributed by atoms with E-state index in [1.807, 2.05) is 0 Å². The Labute approximate surface area is 143 Å². The predicted molar refractivity (Wildman–Crippen MR) is 88.6 cm³/mol. The molecule has 0 heterocycles. The maximum Gasteiger partial charge on any atom is 0.276 e. The van der Waals surface area contributed by atoms with Crippen molar-refractivity contribution in [2.45, 2.75) is 6.42 Å². The highest BCUT2D eigenvalue weighted by Crippen LogP contribution is 2.34. The number of nitrogens with zero attached hydrogens (tertiary/aromatic N) is 1. The van der Waals surface area contributed by atoms with Gasteiger partial charge in [0.1, 0.15) is 5.82 Å². The second-order valence-corrected chi connectivity index (χ2v) is 5.11. The molecule has 0 aliphatic heterocycles. The van der Waals surface area contributed by atoms with E-state index < -0.39 is 16.6 Å². The molecule has 0 aliphatic carbocycles. The summed E-state index contributed by atoms with van der Waals surface area (Å²) in [6.07, 6.45) is 0.206. The average molecular weight is 348 g/mol. The van der Waals surface area contributed by atoms with E-state index >= 15 is 0 Å². The molecule has 132 valence electrons. The zero-order chi connectivity index (χ0) is 18.4. The number of nitrogens with one attached hydrogen (secondary N) is 1. The van der Waals surface area contributed by atoms with E-state index in [1.54, 1.807) is 0 Å². The van der Waals surface area contributed by atoms with Crippen molar-refractivity contribution < 1.29 is 23.6 Å². The van der Waals surface area contributed by atoms with Crippen LogP contribution < -0.4 is 14.8 Å². The molecule has 0 fully saturated rings. The van der Waals surface area contributed by atoms with Crippen molar-refractivity contribution in [2.24, 2.45) is 0 Å². The number of amides is 1. The van der Waals surface area contributed by atoms with Crippen molar-refractivity contribution in [3.8, 4) is 11.5 Å². The Balaban J connectivity index is 2.11. The molecule has 0 bridgehead atoms. The van der Waals surface area contributed by atoms with E-state index in [2.05, 4.69) is 5.32 Å². The molecule has 1 N–H and O–H groups in total. The zero-order valence-corrected chi connectivity index (χ0v) is 13.7. The molecule has 0 saturated carbocycles. The summed E-state index contributed by atoms with van der Waals surface area (Å²) < 4.78 is 23.3. The van der Waals surface area contributed by atoms with Crippen LogP contribution in [0.1, 0.15) is 15.9 Å². The second-order valence-electron chi connectivity index (χ2n) is 5.11. The third kappa shape index (κ3) is 4.43. The molecule has 7 nitrogen and oxygen atoms in total. The number of halogens is 1. The summed E-state index contributed by atoms with van der Waals surface area (Å²) in [7, 11) is 2.82. The van der Waals surface area contributed by atoms with Gasteiger partial charge in [0.05, 0.1) is 25.2 Å². The number of carbonyl (C=O) groups is 1. The lowest BCUT2D eigenvalue weighted by Gasteiger charge is -2.11. The molecule has 0 saturated heterocycles. The highest BCUT2D eigenvalue weighted by atomic mass is 19.1. The minimum atomic E-state index is -0.522. The number of nitro benzene ring substituents is 1. The first-order valence-corrected chi connectivity index (χ1v) is 7.39. The number of rotatable bonds is 7. The predicted octanol–water partition coefficient (Wildman–Crippen LogP) is 2.72. The summed E-state index contributed by atoms with van der Waals surface area (Å²) >= 11 is 0. The third-order valence-electron chi connectivity index (χ3n) is 3.55. The molecular weight excluding hydrogens is 331 g/mol. The first-order valence-electron chi connectivity index (χ1n) is 7.39. The minimum Gasteiger partial charge on any atom is -0.493 e. The van der Waals surface area contributed by atoms with Gasteiger partial charge in [-0.3, -0.25) is 14.9 Å². The van der Waals surface area contributed by atoms with E-state index in [-0.39, 0.29) is 30.0 Å². The normalized spacial score (nSPS) is 10.2. The Hall–Kier alpha value is -3.16. The number of benzene rings is 2. The number of carbonyl (C=O) groups excluding carboxylic acids is 1. The SMILES string of the molecule is COc1cc(CCNC(=O)c2cccc(F)c2)c([N+](=O)[O-])cc1OC. The average Bonchev–Trinajstić information content (AvgIpc) is 2.60. The van der Waals surface area contributed by atoms with Crippen LogP contribution >= 0.6 is 0 Å². The fraction of sp³-hybridized carbons (Fsp3) is 0.235. The van der Waals surface area contributed by atoms with Gasteiger partial charge in [0.25, 0.3) is 11.6 Å². The summed E-state index contributed by atoms with van der Waals surface area (Å²) in [5.41, 5.74) is 0.446. The van der Waals surface area contributed by atoms with Crippen molar-refractivity contribution in [3.05, 3.63) is 63.5 Å². The molecule has 8 heteroatoms. The van der Waals surface area contributed by atoms with Gasteiger partial charge in [0, 0.05) is 17.7 Å². The molecule has 0 radical (unpaired) electrons. The quantitative estimate of drug-likeness (QED) is 0.614. The highest BCUT2D eigenvalue weighted by Gasteiger charge is 2.19. The second kappa shape index (κ2) is 8.09. The topological polar surface area (TPSA) is 90.7 Å². The van der Waals surface area contributed by atoms with Crippen LogP contribution in [0.4, 0.5) is 10.1 Å². The van der Waals surface area contributed by atoms with Crippen LogP contribution in [0.2, 0.25) is 0 Å². The highest BCUT2D eigenvalue weighted by molar-refractivity contribution is 5.94. The molecular formula is C17H17FN2O5. The molecule has 0 aliphatic rings. The molecule has 2 aromatic rings. The van der Waals surface area contributed by atoms with Gasteiger partial charge in [0.15, 0.2) is 11.5 Å². The number of hydrogen-bond acceptors (Lipinski definition) is 5. The summed E-state index contributed by atoms with van der Waals surface area (Å²) in [6.45, 7) is 0.145. The Morgan fingerprint density at radius 2 is 1.88 bits per heavy atom. The van der Waals surface area contributed by atoms with Crippen LogP contribution in [0.3, 0.4) is 0 Å². The molecule has 2 rings (SSSR count). The Bertz CT molecular complexity index is 795. The number of ether oxygens (including phenoxy) is 2. The van der Waals surface area contributed by atoms with Gasteiger partial charge in [-0.1, -0.05) is 6.07 Å². The number of hydrogen-bond donors (Lipinski definition) is 1. The lowest BCUT2D eigenvalue weighted by atomic mass is 10.1. The van der Waals surface area contributed by atoms with Crippen LogP contribution in [0.15, 0.2) is 36.4 Å². The Morgan fingerprint density at radius 3 is 2.48 bits per heavy atom. The smallest absolute Gasteiger partial charge is 0.276 e. The Kier molecular flexibility index (Phi) is 5.89. The molecule has 2 aromatic carbocycles. The van der Waals surface area contributed by atoms with E-state index in [1.165, 1.54) is 44.6 Å². The van der Waals surface area contributed by atoms with Gasteiger partial charge in [-0.15, -0.1) is 0 Å². The molecule has 0 spiro atoms. The fourth-order valence-corrected chi connectivity index (χ4v) is 2.32. The van der Waals surface area contributed by atoms with Crippen LogP contribution in [-0.2, 0) is 6.42 Å². The summed E-state index contributed by atoms with van der Waals surface area (Å²) in [5, 5.41) is 13.8. The summed E-state index contributed by atoms with van der Waals surface area (Å²) in [4.78, 5) is 22.7. The number of nitro groups is 1. The first-order chi connectivity index (χ1) is 12.0. The van der Waals surface area contributed by atoms with Crippen LogP contribution in [0.25, 0.3) is 0 Å². The van der Waals surface area contributed by atoms with Crippen LogP contribution in [-0.4, -0.2) is 31.6 Å². The monoisotopic (exact) mass is 348 g/mol. The van der Waals surface area contributed by atoms with E-state index in [9.17, 15) is 19.3 Å². The first kappa shape index (κ1) is 18.2. The van der Waals surface area contributed by atoms with E-state index in [0.29, 0.717) is 11.3 Å². The summed E-state index contributed by atoms with van der Waals surface area (Å²) in [6, 6.07) is 8.06. The van der Waals surface area contributed by atoms with Crippen molar-refractivity contribution in [3.63, 3.8) is 0 Å². The molecule has 1 amide bonds. The van der Waals surface area contributed by atoms with Gasteiger partial charge >= 0.3 is 0 Å². The van der Waals surface area contributed by atoms with Gasteiger partial charge in [-0.05, 0) is 30.7 Å². The van der Waals surface area contributed by atoms with Crippen molar-refractivity contribution in [1.29, 1.82) is 0 Å². The van der Waals surface area contributed by atoms with Gasteiger partial charge in [-0.25, -0.2) is 4.39 Å². The fourth-order valence-electron chi connectivity index (χ4n) is 2.32. The van der Waals surface area contributed by atoms with Gasteiger partial charge < -0.3 is 14.8 Å². The lowest BCUT2D eigenvalue weighted by Crippen LogP contribution is -2.26. The summed E-state index contributed by atoms with van der Waals surface area (Å²) in [5.74, 6) is -0.355. The zero-order valence-electron chi connectivity index (χ0n) is 13.7.